The van der Waals surface area contributed by atoms with Crippen LogP contribution in [0.25, 0.3) is 0 Å². The minimum absolute atomic E-state index is 0.0483. The first-order valence-electron chi connectivity index (χ1n) is 5.37. The second kappa shape index (κ2) is 5.10. The second-order valence-corrected chi connectivity index (χ2v) is 3.80. The summed E-state index contributed by atoms with van der Waals surface area (Å²) >= 11 is 0. The van der Waals surface area contributed by atoms with E-state index < -0.39 is 18.2 Å². The lowest BCUT2D eigenvalue weighted by molar-refractivity contribution is 0.275. The van der Waals surface area contributed by atoms with Gasteiger partial charge in [0.05, 0.1) is 6.61 Å². The van der Waals surface area contributed by atoms with Gasteiger partial charge in [-0.1, -0.05) is 6.07 Å². The first-order valence-corrected chi connectivity index (χ1v) is 5.37. The van der Waals surface area contributed by atoms with Gasteiger partial charge in [-0.15, -0.1) is 0 Å². The smallest absolute Gasteiger partial charge is 0.171 e. The van der Waals surface area contributed by atoms with Gasteiger partial charge in [0.15, 0.2) is 11.6 Å². The lowest BCUT2D eigenvalue weighted by Crippen LogP contribution is -2.14. The molecule has 94 valence electrons. The van der Waals surface area contributed by atoms with Crippen LogP contribution in [0.5, 0.6) is 0 Å². The molecule has 0 saturated carbocycles. The van der Waals surface area contributed by atoms with Gasteiger partial charge in [0.1, 0.15) is 5.82 Å². The van der Waals surface area contributed by atoms with Crippen LogP contribution in [0.15, 0.2) is 36.5 Å². The topological polar surface area (TPSA) is 36.4 Å². The third-order valence-electron chi connectivity index (χ3n) is 2.63. The predicted molar refractivity (Wildman–Crippen MR) is 64.6 cm³/mol. The SMILES string of the molecule is CN(c1cccc(F)c1)c1nccc(CO)c1F. The van der Waals surface area contributed by atoms with Gasteiger partial charge in [0, 0.05) is 24.5 Å². The Kier molecular flexibility index (Phi) is 3.53. The summed E-state index contributed by atoms with van der Waals surface area (Å²) < 4.78 is 27.1. The molecule has 0 aliphatic rings. The van der Waals surface area contributed by atoms with Crippen LogP contribution in [0, 0.1) is 11.6 Å². The van der Waals surface area contributed by atoms with Gasteiger partial charge in [0.2, 0.25) is 0 Å². The molecule has 1 heterocycles. The third kappa shape index (κ3) is 2.31. The summed E-state index contributed by atoms with van der Waals surface area (Å²) in [5.41, 5.74) is 0.639. The molecular weight excluding hydrogens is 238 g/mol. The van der Waals surface area contributed by atoms with Crippen LogP contribution in [-0.2, 0) is 6.61 Å². The maximum absolute atomic E-state index is 14.0. The van der Waals surface area contributed by atoms with Gasteiger partial charge < -0.3 is 10.0 Å². The molecule has 0 saturated heterocycles. The Labute approximate surface area is 103 Å². The van der Waals surface area contributed by atoms with E-state index >= 15 is 0 Å². The lowest BCUT2D eigenvalue weighted by Gasteiger charge is -2.19. The Morgan fingerprint density at radius 2 is 2.06 bits per heavy atom. The summed E-state index contributed by atoms with van der Waals surface area (Å²) in [6.07, 6.45) is 1.40. The monoisotopic (exact) mass is 250 g/mol. The number of hydrogen-bond donors (Lipinski definition) is 1. The normalized spacial score (nSPS) is 10.4. The highest BCUT2D eigenvalue weighted by Crippen LogP contribution is 2.26. The van der Waals surface area contributed by atoms with Crippen molar-refractivity contribution in [2.75, 3.05) is 11.9 Å². The van der Waals surface area contributed by atoms with Crippen molar-refractivity contribution in [3.05, 3.63) is 53.7 Å². The molecule has 2 rings (SSSR count). The summed E-state index contributed by atoms with van der Waals surface area (Å²) in [6, 6.07) is 7.18. The second-order valence-electron chi connectivity index (χ2n) is 3.80. The van der Waals surface area contributed by atoms with Crippen LogP contribution in [0.3, 0.4) is 0 Å². The minimum Gasteiger partial charge on any atom is -0.392 e. The molecule has 3 nitrogen and oxygen atoms in total. The number of hydrogen-bond acceptors (Lipinski definition) is 3. The van der Waals surface area contributed by atoms with Crippen molar-refractivity contribution in [1.29, 1.82) is 0 Å². The van der Waals surface area contributed by atoms with Gasteiger partial charge in [-0.25, -0.2) is 13.8 Å². The fourth-order valence-electron chi connectivity index (χ4n) is 1.63. The Hall–Kier alpha value is -2.01. The summed E-state index contributed by atoms with van der Waals surface area (Å²) in [6.45, 7) is -0.404. The van der Waals surface area contributed by atoms with E-state index in [1.165, 1.54) is 35.4 Å². The third-order valence-corrected chi connectivity index (χ3v) is 2.63. The van der Waals surface area contributed by atoms with E-state index in [1.807, 2.05) is 0 Å². The molecule has 0 radical (unpaired) electrons. The first kappa shape index (κ1) is 12.4. The molecule has 0 bridgehead atoms. The average Bonchev–Trinajstić information content (AvgIpc) is 2.38. The van der Waals surface area contributed by atoms with E-state index in [0.717, 1.165) is 0 Å². The van der Waals surface area contributed by atoms with Crippen molar-refractivity contribution in [3.63, 3.8) is 0 Å². The van der Waals surface area contributed by atoms with Gasteiger partial charge in [-0.05, 0) is 24.3 Å². The lowest BCUT2D eigenvalue weighted by atomic mass is 10.2. The summed E-state index contributed by atoms with van der Waals surface area (Å²) in [5.74, 6) is -0.961. The van der Waals surface area contributed by atoms with Crippen LogP contribution < -0.4 is 4.90 Å². The predicted octanol–water partition coefficient (Wildman–Crippen LogP) is 2.62. The van der Waals surface area contributed by atoms with E-state index in [4.69, 9.17) is 5.11 Å². The molecule has 5 heteroatoms. The number of nitrogens with zero attached hydrogens (tertiary/aromatic N) is 2. The van der Waals surface area contributed by atoms with Crippen molar-refractivity contribution < 1.29 is 13.9 Å². The van der Waals surface area contributed by atoms with Crippen LogP contribution in [-0.4, -0.2) is 17.1 Å². The molecule has 0 unspecified atom stereocenters. The molecule has 18 heavy (non-hydrogen) atoms. The van der Waals surface area contributed by atoms with Crippen molar-refractivity contribution >= 4 is 11.5 Å². The molecule has 1 aromatic carbocycles. The zero-order chi connectivity index (χ0) is 13.1. The zero-order valence-electron chi connectivity index (χ0n) is 9.77. The minimum atomic E-state index is -0.605. The van der Waals surface area contributed by atoms with Crippen molar-refractivity contribution in [3.8, 4) is 0 Å². The quantitative estimate of drug-likeness (QED) is 0.909. The zero-order valence-corrected chi connectivity index (χ0v) is 9.77. The van der Waals surface area contributed by atoms with Gasteiger partial charge in [-0.3, -0.25) is 0 Å². The van der Waals surface area contributed by atoms with Gasteiger partial charge >= 0.3 is 0 Å². The fourth-order valence-corrected chi connectivity index (χ4v) is 1.63. The van der Waals surface area contributed by atoms with Crippen LogP contribution in [0.4, 0.5) is 20.3 Å². The molecule has 0 aliphatic heterocycles. The average molecular weight is 250 g/mol. The summed E-state index contributed by atoms with van der Waals surface area (Å²) in [4.78, 5) is 5.34. The Morgan fingerprint density at radius 3 is 2.72 bits per heavy atom. The molecule has 0 atom stereocenters. The highest BCUT2D eigenvalue weighted by molar-refractivity contribution is 5.60. The van der Waals surface area contributed by atoms with E-state index in [1.54, 1.807) is 13.1 Å². The van der Waals surface area contributed by atoms with Crippen molar-refractivity contribution in [1.82, 2.24) is 4.98 Å². The Balaban J connectivity index is 2.43. The molecule has 1 aromatic heterocycles. The number of halogens is 2. The summed E-state index contributed by atoms with van der Waals surface area (Å²) in [7, 11) is 1.58. The largest absolute Gasteiger partial charge is 0.392 e. The maximum atomic E-state index is 14.0. The first-order chi connectivity index (χ1) is 8.63. The van der Waals surface area contributed by atoms with Crippen LogP contribution in [0.1, 0.15) is 5.56 Å². The maximum Gasteiger partial charge on any atom is 0.171 e. The van der Waals surface area contributed by atoms with Gasteiger partial charge in [0.25, 0.3) is 0 Å². The molecule has 2 aromatic rings. The number of benzene rings is 1. The van der Waals surface area contributed by atoms with E-state index in [0.29, 0.717) is 5.69 Å². The molecule has 0 aliphatic carbocycles. The van der Waals surface area contributed by atoms with Crippen LogP contribution >= 0.6 is 0 Å². The number of aromatic nitrogens is 1. The van der Waals surface area contributed by atoms with E-state index in [-0.39, 0.29) is 11.4 Å². The molecular formula is C13H12F2N2O. The fraction of sp³-hybridized carbons (Fsp3) is 0.154. The van der Waals surface area contributed by atoms with Crippen LogP contribution in [0.2, 0.25) is 0 Å². The number of aliphatic hydroxyl groups excluding tert-OH is 1. The molecule has 0 fully saturated rings. The highest BCUT2D eigenvalue weighted by Gasteiger charge is 2.14. The molecule has 0 amide bonds. The van der Waals surface area contributed by atoms with E-state index in [2.05, 4.69) is 4.98 Å². The Morgan fingerprint density at radius 1 is 1.28 bits per heavy atom. The summed E-state index contributed by atoms with van der Waals surface area (Å²) in [5, 5.41) is 8.99. The number of aliphatic hydroxyl groups is 1. The van der Waals surface area contributed by atoms with Crippen molar-refractivity contribution in [2.24, 2.45) is 0 Å². The number of anilines is 2. The van der Waals surface area contributed by atoms with Crippen molar-refractivity contribution in [2.45, 2.75) is 6.61 Å². The highest BCUT2D eigenvalue weighted by atomic mass is 19.1. The standard InChI is InChI=1S/C13H12F2N2O/c1-17(11-4-2-3-10(14)7-11)13-12(15)9(8-18)5-6-16-13/h2-7,18H,8H2,1H3. The number of pyridine rings is 1. The van der Waals surface area contributed by atoms with E-state index in [9.17, 15) is 8.78 Å². The molecule has 0 spiro atoms. The molecule has 1 N–H and O–H groups in total. The Bertz CT molecular complexity index is 560. The number of rotatable bonds is 3. The van der Waals surface area contributed by atoms with Gasteiger partial charge in [-0.2, -0.15) is 0 Å².